The molecule has 114 valence electrons. The van der Waals surface area contributed by atoms with E-state index in [4.69, 9.17) is 9.84 Å². The standard InChI is InChI=1S/C16H21NO4/c1-4-17(10-11-21-3)16(20)14-7-5-6-13(12(14)2)8-9-15(18)19/h5-9H,4,10-11H2,1-3H3,(H,18,19). The number of rotatable bonds is 7. The van der Waals surface area contributed by atoms with E-state index in [1.54, 1.807) is 30.2 Å². The molecule has 0 spiro atoms. The number of carboxylic acid groups (broad SMARTS) is 1. The van der Waals surface area contributed by atoms with Crippen molar-refractivity contribution in [1.82, 2.24) is 4.90 Å². The van der Waals surface area contributed by atoms with Gasteiger partial charge in [0, 0.05) is 31.8 Å². The molecular weight excluding hydrogens is 270 g/mol. The largest absolute Gasteiger partial charge is 0.478 e. The van der Waals surface area contributed by atoms with Crippen LogP contribution in [0.25, 0.3) is 6.08 Å². The molecule has 1 rings (SSSR count). The van der Waals surface area contributed by atoms with Crippen molar-refractivity contribution in [3.8, 4) is 0 Å². The van der Waals surface area contributed by atoms with E-state index in [1.807, 2.05) is 13.8 Å². The van der Waals surface area contributed by atoms with Crippen molar-refractivity contribution in [1.29, 1.82) is 0 Å². The highest BCUT2D eigenvalue weighted by Gasteiger charge is 2.16. The molecule has 0 aromatic heterocycles. The molecule has 1 aromatic carbocycles. The van der Waals surface area contributed by atoms with Gasteiger partial charge in [0.2, 0.25) is 0 Å². The lowest BCUT2D eigenvalue weighted by atomic mass is 10.0. The van der Waals surface area contributed by atoms with E-state index in [1.165, 1.54) is 6.08 Å². The number of carbonyl (C=O) groups is 2. The summed E-state index contributed by atoms with van der Waals surface area (Å²) in [5.74, 6) is -1.08. The number of benzene rings is 1. The molecule has 21 heavy (non-hydrogen) atoms. The summed E-state index contributed by atoms with van der Waals surface area (Å²) in [6.45, 7) is 5.34. The summed E-state index contributed by atoms with van der Waals surface area (Å²) in [4.78, 5) is 24.8. The molecule has 1 amide bonds. The van der Waals surface area contributed by atoms with Crippen LogP contribution < -0.4 is 0 Å². The van der Waals surface area contributed by atoms with Crippen molar-refractivity contribution in [2.45, 2.75) is 13.8 Å². The number of hydrogen-bond acceptors (Lipinski definition) is 3. The molecule has 5 nitrogen and oxygen atoms in total. The van der Waals surface area contributed by atoms with Crippen molar-refractivity contribution < 1.29 is 19.4 Å². The minimum absolute atomic E-state index is 0.0716. The zero-order valence-corrected chi connectivity index (χ0v) is 12.6. The lowest BCUT2D eigenvalue weighted by Crippen LogP contribution is -2.34. The second kappa shape index (κ2) is 8.21. The molecule has 0 fully saturated rings. The van der Waals surface area contributed by atoms with Crippen LogP contribution in [0.1, 0.15) is 28.4 Å². The fourth-order valence-electron chi connectivity index (χ4n) is 2.00. The maximum atomic E-state index is 12.5. The summed E-state index contributed by atoms with van der Waals surface area (Å²) >= 11 is 0. The number of carboxylic acids is 1. The first kappa shape index (κ1) is 16.9. The van der Waals surface area contributed by atoms with E-state index >= 15 is 0 Å². The van der Waals surface area contributed by atoms with Gasteiger partial charge in [-0.05, 0) is 37.1 Å². The molecule has 0 aliphatic carbocycles. The normalized spacial score (nSPS) is 10.8. The minimum Gasteiger partial charge on any atom is -0.478 e. The van der Waals surface area contributed by atoms with Crippen LogP contribution in [-0.2, 0) is 9.53 Å². The Balaban J connectivity index is 3.04. The van der Waals surface area contributed by atoms with Crippen LogP contribution in [0.15, 0.2) is 24.3 Å². The van der Waals surface area contributed by atoms with Crippen LogP contribution >= 0.6 is 0 Å². The Morgan fingerprint density at radius 2 is 2.10 bits per heavy atom. The summed E-state index contributed by atoms with van der Waals surface area (Å²) in [7, 11) is 1.60. The van der Waals surface area contributed by atoms with Gasteiger partial charge in [-0.1, -0.05) is 12.1 Å². The highest BCUT2D eigenvalue weighted by molar-refractivity contribution is 5.97. The van der Waals surface area contributed by atoms with E-state index in [0.29, 0.717) is 25.3 Å². The average Bonchev–Trinajstić information content (AvgIpc) is 2.46. The molecule has 0 radical (unpaired) electrons. The molecule has 0 unspecified atom stereocenters. The Hall–Kier alpha value is -2.14. The van der Waals surface area contributed by atoms with Crippen molar-refractivity contribution in [2.75, 3.05) is 26.8 Å². The van der Waals surface area contributed by atoms with Crippen LogP contribution in [-0.4, -0.2) is 48.7 Å². The van der Waals surface area contributed by atoms with Crippen LogP contribution in [0.3, 0.4) is 0 Å². The molecule has 0 aliphatic rings. The molecule has 1 aromatic rings. The van der Waals surface area contributed by atoms with Crippen molar-refractivity contribution in [3.05, 3.63) is 41.0 Å². The number of amides is 1. The Kier molecular flexibility index (Phi) is 6.62. The van der Waals surface area contributed by atoms with Crippen LogP contribution in [0.5, 0.6) is 0 Å². The average molecular weight is 291 g/mol. The lowest BCUT2D eigenvalue weighted by molar-refractivity contribution is -0.131. The SMILES string of the molecule is CCN(CCOC)C(=O)c1cccc(C=CC(=O)O)c1C. The third-order valence-corrected chi connectivity index (χ3v) is 3.25. The number of aliphatic carboxylic acids is 1. The minimum atomic E-state index is -1.01. The number of carbonyl (C=O) groups excluding carboxylic acids is 1. The first-order valence-electron chi connectivity index (χ1n) is 6.80. The topological polar surface area (TPSA) is 66.8 Å². The molecule has 0 saturated heterocycles. The monoisotopic (exact) mass is 291 g/mol. The van der Waals surface area contributed by atoms with E-state index in [9.17, 15) is 9.59 Å². The molecule has 0 heterocycles. The van der Waals surface area contributed by atoms with Gasteiger partial charge in [-0.25, -0.2) is 4.79 Å². The van der Waals surface area contributed by atoms with Gasteiger partial charge in [-0.3, -0.25) is 4.79 Å². The quantitative estimate of drug-likeness (QED) is 0.782. The van der Waals surface area contributed by atoms with E-state index in [-0.39, 0.29) is 5.91 Å². The fraction of sp³-hybridized carbons (Fsp3) is 0.375. The van der Waals surface area contributed by atoms with Crippen molar-refractivity contribution in [3.63, 3.8) is 0 Å². The smallest absolute Gasteiger partial charge is 0.328 e. The van der Waals surface area contributed by atoms with Gasteiger partial charge < -0.3 is 14.7 Å². The van der Waals surface area contributed by atoms with E-state index < -0.39 is 5.97 Å². The molecular formula is C16H21NO4. The third kappa shape index (κ3) is 4.72. The van der Waals surface area contributed by atoms with Gasteiger partial charge in [-0.2, -0.15) is 0 Å². The lowest BCUT2D eigenvalue weighted by Gasteiger charge is -2.21. The Morgan fingerprint density at radius 1 is 1.38 bits per heavy atom. The van der Waals surface area contributed by atoms with Gasteiger partial charge in [0.05, 0.1) is 6.61 Å². The molecule has 0 aliphatic heterocycles. The van der Waals surface area contributed by atoms with Crippen LogP contribution in [0.2, 0.25) is 0 Å². The van der Waals surface area contributed by atoms with Gasteiger partial charge >= 0.3 is 5.97 Å². The second-order valence-corrected chi connectivity index (χ2v) is 4.57. The Bertz CT molecular complexity index is 537. The predicted octanol–water partition coefficient (Wildman–Crippen LogP) is 2.20. The Morgan fingerprint density at radius 3 is 2.67 bits per heavy atom. The number of nitrogens with zero attached hydrogens (tertiary/aromatic N) is 1. The predicted molar refractivity (Wildman–Crippen MR) is 81.3 cm³/mol. The highest BCUT2D eigenvalue weighted by atomic mass is 16.5. The van der Waals surface area contributed by atoms with Crippen LogP contribution in [0.4, 0.5) is 0 Å². The zero-order chi connectivity index (χ0) is 15.8. The van der Waals surface area contributed by atoms with E-state index in [2.05, 4.69) is 0 Å². The summed E-state index contributed by atoms with van der Waals surface area (Å²) in [6.07, 6.45) is 2.57. The zero-order valence-electron chi connectivity index (χ0n) is 12.6. The molecule has 1 N–H and O–H groups in total. The highest BCUT2D eigenvalue weighted by Crippen LogP contribution is 2.17. The molecule has 0 atom stereocenters. The van der Waals surface area contributed by atoms with E-state index in [0.717, 1.165) is 17.2 Å². The molecule has 0 bridgehead atoms. The van der Waals surface area contributed by atoms with Crippen molar-refractivity contribution in [2.24, 2.45) is 0 Å². The molecule has 0 saturated carbocycles. The first-order chi connectivity index (χ1) is 10.0. The number of methoxy groups -OCH3 is 1. The Labute approximate surface area is 124 Å². The van der Waals surface area contributed by atoms with Gasteiger partial charge in [0.15, 0.2) is 0 Å². The maximum Gasteiger partial charge on any atom is 0.328 e. The van der Waals surface area contributed by atoms with Crippen LogP contribution in [0, 0.1) is 6.92 Å². The maximum absolute atomic E-state index is 12.5. The van der Waals surface area contributed by atoms with Gasteiger partial charge in [-0.15, -0.1) is 0 Å². The number of hydrogen-bond donors (Lipinski definition) is 1. The van der Waals surface area contributed by atoms with Gasteiger partial charge in [0.1, 0.15) is 0 Å². The van der Waals surface area contributed by atoms with Crippen molar-refractivity contribution >= 4 is 18.0 Å². The number of ether oxygens (including phenoxy) is 1. The first-order valence-corrected chi connectivity index (χ1v) is 6.80. The fourth-order valence-corrected chi connectivity index (χ4v) is 2.00. The number of likely N-dealkylation sites (N-methyl/N-ethyl adjacent to an activating group) is 1. The second-order valence-electron chi connectivity index (χ2n) is 4.57. The summed E-state index contributed by atoms with van der Waals surface area (Å²) in [5, 5.41) is 8.69. The summed E-state index contributed by atoms with van der Waals surface area (Å²) in [5.41, 5.74) is 2.09. The summed E-state index contributed by atoms with van der Waals surface area (Å²) in [6, 6.07) is 5.30. The van der Waals surface area contributed by atoms with Gasteiger partial charge in [0.25, 0.3) is 5.91 Å². The summed E-state index contributed by atoms with van der Waals surface area (Å²) < 4.78 is 5.01. The third-order valence-electron chi connectivity index (χ3n) is 3.25. The molecule has 5 heteroatoms.